The Hall–Kier alpha value is -1.96. The van der Waals surface area contributed by atoms with Gasteiger partial charge in [-0.25, -0.2) is 4.39 Å². The molecule has 0 aromatic heterocycles. The first-order valence-corrected chi connectivity index (χ1v) is 11.7. The molecule has 0 heterocycles. The van der Waals surface area contributed by atoms with Crippen molar-refractivity contribution in [3.8, 4) is 11.1 Å². The minimum atomic E-state index is -0.509. The number of hydrogen-bond donors (Lipinski definition) is 0. The fourth-order valence-corrected chi connectivity index (χ4v) is 4.73. The van der Waals surface area contributed by atoms with Crippen LogP contribution in [0.2, 0.25) is 0 Å². The molecule has 0 spiro atoms. The van der Waals surface area contributed by atoms with Crippen molar-refractivity contribution in [1.82, 2.24) is 0 Å². The van der Waals surface area contributed by atoms with E-state index in [0.717, 1.165) is 11.5 Å². The third kappa shape index (κ3) is 5.59. The fraction of sp³-hybridized carbons (Fsp3) is 0.536. The summed E-state index contributed by atoms with van der Waals surface area (Å²) in [5.74, 6) is 1.19. The molecule has 162 valence electrons. The highest BCUT2D eigenvalue weighted by Crippen LogP contribution is 2.38. The Kier molecular flexibility index (Phi) is 7.50. The maximum atomic E-state index is 14.8. The lowest BCUT2D eigenvalue weighted by atomic mass is 9.77. The van der Waals surface area contributed by atoms with Crippen LogP contribution >= 0.6 is 0 Å². The number of carbonyl (C=O) groups excluding carboxylic acids is 1. The second kappa shape index (κ2) is 9.90. The third-order valence-electron chi connectivity index (χ3n) is 6.67. The van der Waals surface area contributed by atoms with E-state index in [1.165, 1.54) is 63.0 Å². The van der Waals surface area contributed by atoms with Gasteiger partial charge in [-0.15, -0.1) is 0 Å². The zero-order valence-corrected chi connectivity index (χ0v) is 19.1. The third-order valence-corrected chi connectivity index (χ3v) is 6.67. The molecule has 1 fully saturated rings. The van der Waals surface area contributed by atoms with Crippen LogP contribution in [0.3, 0.4) is 0 Å². The summed E-state index contributed by atoms with van der Waals surface area (Å²) in [7, 11) is 0. The number of benzene rings is 2. The normalized spacial score (nSPS) is 19.6. The SMILES string of the molecule is CCCCCC1CCC(c2ccc(-c3ccc(C(=O)C(C)(C)C)cc3F)cc2)CC1. The highest BCUT2D eigenvalue weighted by atomic mass is 19.1. The average Bonchev–Trinajstić information content (AvgIpc) is 2.73. The monoisotopic (exact) mass is 408 g/mol. The van der Waals surface area contributed by atoms with Gasteiger partial charge in [0.05, 0.1) is 0 Å². The fourth-order valence-electron chi connectivity index (χ4n) is 4.73. The van der Waals surface area contributed by atoms with Crippen molar-refractivity contribution < 1.29 is 9.18 Å². The van der Waals surface area contributed by atoms with Gasteiger partial charge in [0, 0.05) is 16.5 Å². The van der Waals surface area contributed by atoms with Gasteiger partial charge in [-0.2, -0.15) is 0 Å². The summed E-state index contributed by atoms with van der Waals surface area (Å²) < 4.78 is 14.8. The van der Waals surface area contributed by atoms with E-state index in [4.69, 9.17) is 0 Å². The van der Waals surface area contributed by atoms with E-state index < -0.39 is 5.41 Å². The number of ketones is 1. The summed E-state index contributed by atoms with van der Waals surface area (Å²) in [5.41, 5.74) is 2.75. The van der Waals surface area contributed by atoms with Gasteiger partial charge >= 0.3 is 0 Å². The summed E-state index contributed by atoms with van der Waals surface area (Å²) >= 11 is 0. The molecule has 0 atom stereocenters. The Morgan fingerprint density at radius 2 is 1.63 bits per heavy atom. The van der Waals surface area contributed by atoms with Crippen molar-refractivity contribution in [3.05, 3.63) is 59.4 Å². The zero-order chi connectivity index (χ0) is 21.7. The minimum absolute atomic E-state index is 0.0337. The van der Waals surface area contributed by atoms with Crippen LogP contribution in [0.25, 0.3) is 11.1 Å². The Balaban J connectivity index is 1.64. The molecule has 2 aromatic carbocycles. The Morgan fingerprint density at radius 1 is 0.967 bits per heavy atom. The van der Waals surface area contributed by atoms with Crippen LogP contribution in [0.5, 0.6) is 0 Å². The van der Waals surface area contributed by atoms with Gasteiger partial charge in [0.15, 0.2) is 5.78 Å². The molecule has 3 rings (SSSR count). The molecule has 2 heteroatoms. The quantitative estimate of drug-likeness (QED) is 0.331. The molecule has 1 aliphatic rings. The molecule has 2 aromatic rings. The molecule has 1 nitrogen and oxygen atoms in total. The van der Waals surface area contributed by atoms with Crippen LogP contribution in [-0.2, 0) is 0 Å². The van der Waals surface area contributed by atoms with E-state index in [9.17, 15) is 9.18 Å². The lowest BCUT2D eigenvalue weighted by Crippen LogP contribution is -2.20. The van der Waals surface area contributed by atoms with Crippen LogP contribution in [-0.4, -0.2) is 5.78 Å². The number of rotatable bonds is 7. The second-order valence-corrected chi connectivity index (χ2v) is 10.1. The molecule has 0 unspecified atom stereocenters. The lowest BCUT2D eigenvalue weighted by Gasteiger charge is -2.29. The number of hydrogen-bond acceptors (Lipinski definition) is 1. The number of halogens is 1. The predicted molar refractivity (Wildman–Crippen MR) is 124 cm³/mol. The molecule has 30 heavy (non-hydrogen) atoms. The highest BCUT2D eigenvalue weighted by Gasteiger charge is 2.24. The molecule has 0 radical (unpaired) electrons. The second-order valence-electron chi connectivity index (χ2n) is 10.1. The first kappa shape index (κ1) is 22.7. The minimum Gasteiger partial charge on any atom is -0.294 e. The Bertz CT molecular complexity index is 836. The van der Waals surface area contributed by atoms with Crippen LogP contribution in [0.4, 0.5) is 4.39 Å². The molecule has 0 amide bonds. The average molecular weight is 409 g/mol. The van der Waals surface area contributed by atoms with Gasteiger partial charge in [0.2, 0.25) is 0 Å². The van der Waals surface area contributed by atoms with E-state index >= 15 is 0 Å². The first-order chi connectivity index (χ1) is 14.3. The molecule has 0 aliphatic heterocycles. The van der Waals surface area contributed by atoms with Crippen molar-refractivity contribution in [2.45, 2.75) is 85.0 Å². The highest BCUT2D eigenvalue weighted by molar-refractivity contribution is 6.00. The van der Waals surface area contributed by atoms with E-state index in [1.807, 2.05) is 32.9 Å². The zero-order valence-electron chi connectivity index (χ0n) is 19.1. The van der Waals surface area contributed by atoms with Gasteiger partial charge in [0.25, 0.3) is 0 Å². The van der Waals surface area contributed by atoms with Crippen molar-refractivity contribution in [2.24, 2.45) is 11.3 Å². The van der Waals surface area contributed by atoms with Crippen molar-refractivity contribution in [1.29, 1.82) is 0 Å². The number of carbonyl (C=O) groups is 1. The van der Waals surface area contributed by atoms with Gasteiger partial charge in [-0.05, 0) is 54.7 Å². The van der Waals surface area contributed by atoms with Crippen molar-refractivity contribution in [3.63, 3.8) is 0 Å². The molecular weight excluding hydrogens is 371 g/mol. The summed E-state index contributed by atoms with van der Waals surface area (Å²) in [6.45, 7) is 7.85. The topological polar surface area (TPSA) is 17.1 Å². The van der Waals surface area contributed by atoms with E-state index in [-0.39, 0.29) is 11.6 Å². The van der Waals surface area contributed by atoms with Crippen molar-refractivity contribution >= 4 is 5.78 Å². The molecule has 0 N–H and O–H groups in total. The predicted octanol–water partition coefficient (Wildman–Crippen LogP) is 8.58. The van der Waals surface area contributed by atoms with E-state index in [1.54, 1.807) is 12.1 Å². The van der Waals surface area contributed by atoms with E-state index in [2.05, 4.69) is 19.1 Å². The first-order valence-electron chi connectivity index (χ1n) is 11.7. The van der Waals surface area contributed by atoms with Crippen LogP contribution in [0.1, 0.15) is 101 Å². The van der Waals surface area contributed by atoms with Gasteiger partial charge < -0.3 is 0 Å². The lowest BCUT2D eigenvalue weighted by molar-refractivity contribution is 0.0858. The maximum absolute atomic E-state index is 14.8. The Morgan fingerprint density at radius 3 is 2.20 bits per heavy atom. The summed E-state index contributed by atoms with van der Waals surface area (Å²) in [4.78, 5) is 12.4. The molecule has 1 aliphatic carbocycles. The molecule has 0 bridgehead atoms. The van der Waals surface area contributed by atoms with Crippen molar-refractivity contribution in [2.75, 3.05) is 0 Å². The van der Waals surface area contributed by atoms with Crippen LogP contribution in [0.15, 0.2) is 42.5 Å². The van der Waals surface area contributed by atoms with E-state index in [0.29, 0.717) is 17.0 Å². The summed E-state index contributed by atoms with van der Waals surface area (Å²) in [6, 6.07) is 13.3. The standard InChI is InChI=1S/C28H37FO/c1-5-6-7-8-20-9-11-21(12-10-20)22-13-15-23(16-14-22)25-18-17-24(19-26(25)29)27(30)28(2,3)4/h13-21H,5-12H2,1-4H3. The Labute approximate surface area is 182 Å². The summed E-state index contributed by atoms with van der Waals surface area (Å²) in [6.07, 6.45) is 10.7. The summed E-state index contributed by atoms with van der Waals surface area (Å²) in [5, 5.41) is 0. The largest absolute Gasteiger partial charge is 0.294 e. The maximum Gasteiger partial charge on any atom is 0.168 e. The molecule has 1 saturated carbocycles. The smallest absolute Gasteiger partial charge is 0.168 e. The number of Topliss-reactive ketones (excluding diaryl/α,β-unsaturated/α-hetero) is 1. The van der Waals surface area contributed by atoms with Gasteiger partial charge in [-0.1, -0.05) is 89.8 Å². The van der Waals surface area contributed by atoms with Crippen LogP contribution in [0, 0.1) is 17.2 Å². The van der Waals surface area contributed by atoms with Gasteiger partial charge in [-0.3, -0.25) is 4.79 Å². The number of unbranched alkanes of at least 4 members (excludes halogenated alkanes) is 2. The van der Waals surface area contributed by atoms with Gasteiger partial charge in [0.1, 0.15) is 5.82 Å². The van der Waals surface area contributed by atoms with Crippen LogP contribution < -0.4 is 0 Å². The molecular formula is C28H37FO. The molecule has 0 saturated heterocycles.